The number of hydrogen-bond acceptors (Lipinski definition) is 4. The lowest BCUT2D eigenvalue weighted by Gasteiger charge is -2.38. The zero-order chi connectivity index (χ0) is 20.4. The molecule has 1 N–H and O–H groups in total. The fourth-order valence-corrected chi connectivity index (χ4v) is 3.14. The van der Waals surface area contributed by atoms with E-state index in [-0.39, 0.29) is 42.6 Å². The smallest absolute Gasteiger partial charge is 0.407 e. The minimum atomic E-state index is -1.06. The van der Waals surface area contributed by atoms with Gasteiger partial charge >= 0.3 is 6.09 Å². The van der Waals surface area contributed by atoms with Crippen LogP contribution in [0, 0.1) is 17.5 Å². The number of amides is 1. The molecule has 1 aromatic carbocycles. The normalized spacial score (nSPS) is 17.0. The van der Waals surface area contributed by atoms with Gasteiger partial charge in [0.15, 0.2) is 17.5 Å². The summed E-state index contributed by atoms with van der Waals surface area (Å²) in [6.45, 7) is 1.90. The van der Waals surface area contributed by atoms with Crippen molar-refractivity contribution in [2.75, 3.05) is 24.5 Å². The van der Waals surface area contributed by atoms with Gasteiger partial charge in [-0.1, -0.05) is 17.7 Å². The van der Waals surface area contributed by atoms with E-state index in [1.807, 2.05) is 0 Å². The largest absolute Gasteiger partial charge is 0.471 e. The summed E-state index contributed by atoms with van der Waals surface area (Å²) in [7, 11) is 0. The molecule has 1 saturated heterocycles. The molecule has 1 unspecified atom stereocenters. The minimum Gasteiger partial charge on any atom is -0.471 e. The Balaban J connectivity index is 1.78. The van der Waals surface area contributed by atoms with E-state index in [1.54, 1.807) is 6.92 Å². The number of pyridine rings is 1. The van der Waals surface area contributed by atoms with Crippen LogP contribution in [-0.2, 0) is 6.61 Å². The standard InChI is InChI=1S/C18H17ClF3N3O3/c1-10-8-24(4-5-25(10)18(26)27)16-14(21)7-15(22)17(23-16)28-9-11-2-3-12(19)6-13(11)20/h2-3,6-7,10H,4-5,8-9H2,1H3,(H,26,27). The molecule has 10 heteroatoms. The molecule has 1 atom stereocenters. The number of nitrogens with zero attached hydrogens (tertiary/aromatic N) is 3. The fraction of sp³-hybridized carbons (Fsp3) is 0.333. The molecular weight excluding hydrogens is 399 g/mol. The molecule has 3 rings (SSSR count). The predicted molar refractivity (Wildman–Crippen MR) is 96.3 cm³/mol. The van der Waals surface area contributed by atoms with Gasteiger partial charge in [-0.2, -0.15) is 4.98 Å². The first kappa shape index (κ1) is 20.1. The van der Waals surface area contributed by atoms with Gasteiger partial charge in [0, 0.05) is 42.3 Å². The van der Waals surface area contributed by atoms with Gasteiger partial charge in [0.25, 0.3) is 5.88 Å². The molecule has 6 nitrogen and oxygen atoms in total. The number of ether oxygens (including phenoxy) is 1. The van der Waals surface area contributed by atoms with Crippen LogP contribution in [0.15, 0.2) is 24.3 Å². The zero-order valence-corrected chi connectivity index (χ0v) is 15.6. The second kappa shape index (κ2) is 8.14. The number of piperazine rings is 1. The van der Waals surface area contributed by atoms with Crippen LogP contribution in [0.1, 0.15) is 12.5 Å². The highest BCUT2D eigenvalue weighted by molar-refractivity contribution is 6.30. The molecule has 0 bridgehead atoms. The molecule has 1 aliphatic rings. The third kappa shape index (κ3) is 4.24. The van der Waals surface area contributed by atoms with E-state index >= 15 is 0 Å². The number of benzene rings is 1. The van der Waals surface area contributed by atoms with Gasteiger partial charge < -0.3 is 19.6 Å². The molecule has 2 aromatic rings. The van der Waals surface area contributed by atoms with Crippen LogP contribution >= 0.6 is 11.6 Å². The lowest BCUT2D eigenvalue weighted by Crippen LogP contribution is -2.54. The number of halogens is 4. The molecule has 0 saturated carbocycles. The summed E-state index contributed by atoms with van der Waals surface area (Å²) < 4.78 is 47.4. The molecular formula is C18H17ClF3N3O3. The van der Waals surface area contributed by atoms with Crippen LogP contribution in [0.4, 0.5) is 23.8 Å². The van der Waals surface area contributed by atoms with Crippen molar-refractivity contribution >= 4 is 23.5 Å². The summed E-state index contributed by atoms with van der Waals surface area (Å²) in [6.07, 6.45) is -1.06. The summed E-state index contributed by atoms with van der Waals surface area (Å²) in [6, 6.07) is 4.21. The molecule has 2 heterocycles. The maximum Gasteiger partial charge on any atom is 0.407 e. The van der Waals surface area contributed by atoms with Crippen LogP contribution in [-0.4, -0.2) is 46.8 Å². The average molecular weight is 416 g/mol. The third-order valence-corrected chi connectivity index (χ3v) is 4.67. The van der Waals surface area contributed by atoms with Crippen LogP contribution in [0.2, 0.25) is 5.02 Å². The van der Waals surface area contributed by atoms with Crippen LogP contribution in [0.25, 0.3) is 0 Å². The highest BCUT2D eigenvalue weighted by Crippen LogP contribution is 2.27. The highest BCUT2D eigenvalue weighted by Gasteiger charge is 2.30. The SMILES string of the molecule is CC1CN(c2nc(OCc3ccc(Cl)cc3F)c(F)cc2F)CCN1C(=O)O. The van der Waals surface area contributed by atoms with Crippen molar-refractivity contribution in [1.29, 1.82) is 0 Å². The van der Waals surface area contributed by atoms with Crippen molar-refractivity contribution in [2.24, 2.45) is 0 Å². The van der Waals surface area contributed by atoms with Crippen molar-refractivity contribution in [3.63, 3.8) is 0 Å². The van der Waals surface area contributed by atoms with Crippen LogP contribution < -0.4 is 9.64 Å². The summed E-state index contributed by atoms with van der Waals surface area (Å²) in [5.41, 5.74) is 0.139. The van der Waals surface area contributed by atoms with Crippen LogP contribution in [0.5, 0.6) is 5.88 Å². The molecule has 0 aliphatic carbocycles. The van der Waals surface area contributed by atoms with Gasteiger partial charge in [-0.3, -0.25) is 0 Å². The van der Waals surface area contributed by atoms with Gasteiger partial charge in [0.2, 0.25) is 0 Å². The first-order chi connectivity index (χ1) is 13.3. The second-order valence-electron chi connectivity index (χ2n) is 6.38. The van der Waals surface area contributed by atoms with E-state index in [1.165, 1.54) is 21.9 Å². The zero-order valence-electron chi connectivity index (χ0n) is 14.8. The molecule has 150 valence electrons. The van der Waals surface area contributed by atoms with E-state index in [0.717, 1.165) is 6.07 Å². The van der Waals surface area contributed by atoms with E-state index in [2.05, 4.69) is 4.98 Å². The minimum absolute atomic E-state index is 0.139. The number of anilines is 1. The molecule has 1 aliphatic heterocycles. The predicted octanol–water partition coefficient (Wildman–Crippen LogP) is 3.92. The van der Waals surface area contributed by atoms with Crippen molar-refractivity contribution < 1.29 is 27.8 Å². The Labute approximate surface area is 164 Å². The van der Waals surface area contributed by atoms with Gasteiger partial charge in [-0.05, 0) is 19.1 Å². The quantitative estimate of drug-likeness (QED) is 0.820. The number of hydrogen-bond donors (Lipinski definition) is 1. The molecule has 0 spiro atoms. The van der Waals surface area contributed by atoms with Crippen LogP contribution in [0.3, 0.4) is 0 Å². The molecule has 1 aromatic heterocycles. The van der Waals surface area contributed by atoms with Gasteiger partial charge in [0.1, 0.15) is 12.4 Å². The van der Waals surface area contributed by atoms with Gasteiger partial charge in [-0.25, -0.2) is 18.0 Å². The number of aromatic nitrogens is 1. The molecule has 1 amide bonds. The van der Waals surface area contributed by atoms with E-state index in [0.29, 0.717) is 6.07 Å². The Hall–Kier alpha value is -2.68. The Kier molecular flexibility index (Phi) is 5.83. The van der Waals surface area contributed by atoms with Crippen molar-refractivity contribution in [1.82, 2.24) is 9.88 Å². The van der Waals surface area contributed by atoms with Gasteiger partial charge in [0.05, 0.1) is 0 Å². The Morgan fingerprint density at radius 3 is 2.64 bits per heavy atom. The summed E-state index contributed by atoms with van der Waals surface area (Å²) >= 11 is 5.68. The second-order valence-corrected chi connectivity index (χ2v) is 6.81. The maximum atomic E-state index is 14.3. The lowest BCUT2D eigenvalue weighted by molar-refractivity contribution is 0.122. The van der Waals surface area contributed by atoms with Crippen molar-refractivity contribution in [2.45, 2.75) is 19.6 Å². The highest BCUT2D eigenvalue weighted by atomic mass is 35.5. The fourth-order valence-electron chi connectivity index (χ4n) is 2.98. The topological polar surface area (TPSA) is 65.9 Å². The maximum absolute atomic E-state index is 14.3. The number of rotatable bonds is 4. The Bertz CT molecular complexity index is 900. The summed E-state index contributed by atoms with van der Waals surface area (Å²) in [5, 5.41) is 9.34. The third-order valence-electron chi connectivity index (χ3n) is 4.43. The summed E-state index contributed by atoms with van der Waals surface area (Å²) in [5.74, 6) is -3.15. The Morgan fingerprint density at radius 1 is 1.25 bits per heavy atom. The number of carboxylic acid groups (broad SMARTS) is 1. The first-order valence-corrected chi connectivity index (χ1v) is 8.81. The van der Waals surface area contributed by atoms with Crippen molar-refractivity contribution in [3.8, 4) is 5.88 Å². The number of carbonyl (C=O) groups is 1. The van der Waals surface area contributed by atoms with E-state index < -0.39 is 35.5 Å². The summed E-state index contributed by atoms with van der Waals surface area (Å²) in [4.78, 5) is 17.8. The monoisotopic (exact) mass is 415 g/mol. The lowest BCUT2D eigenvalue weighted by atomic mass is 10.2. The molecule has 1 fully saturated rings. The van der Waals surface area contributed by atoms with Gasteiger partial charge in [-0.15, -0.1) is 0 Å². The van der Waals surface area contributed by atoms with Crippen molar-refractivity contribution in [3.05, 3.63) is 52.3 Å². The first-order valence-electron chi connectivity index (χ1n) is 8.43. The molecule has 28 heavy (non-hydrogen) atoms. The Morgan fingerprint density at radius 2 is 2.00 bits per heavy atom. The average Bonchev–Trinajstić information content (AvgIpc) is 2.62. The van der Waals surface area contributed by atoms with E-state index in [9.17, 15) is 18.0 Å². The van der Waals surface area contributed by atoms with E-state index in [4.69, 9.17) is 21.4 Å². The molecule has 0 radical (unpaired) electrons.